The van der Waals surface area contributed by atoms with Gasteiger partial charge in [-0.3, -0.25) is 14.2 Å². The molecule has 3 heterocycles. The van der Waals surface area contributed by atoms with Crippen molar-refractivity contribution >= 4 is 33.1 Å². The third-order valence-electron chi connectivity index (χ3n) is 5.14. The van der Waals surface area contributed by atoms with Gasteiger partial charge in [0.25, 0.3) is 5.56 Å². The molecule has 0 unspecified atom stereocenters. The van der Waals surface area contributed by atoms with Gasteiger partial charge in [-0.25, -0.2) is 9.36 Å². The molecule has 1 aliphatic heterocycles. The molecule has 0 radical (unpaired) electrons. The van der Waals surface area contributed by atoms with Gasteiger partial charge in [-0.05, 0) is 48.2 Å². The normalized spacial score (nSPS) is 12.7. The first-order valence-corrected chi connectivity index (χ1v) is 10.9. The van der Waals surface area contributed by atoms with E-state index in [1.807, 2.05) is 13.0 Å². The zero-order chi connectivity index (χ0) is 22.2. The Hall–Kier alpha value is -3.85. The smallest absolute Gasteiger partial charge is 0.336 e. The number of rotatable bonds is 4. The van der Waals surface area contributed by atoms with Crippen LogP contribution >= 0.6 is 11.3 Å². The lowest BCUT2D eigenvalue weighted by molar-refractivity contribution is -0.116. The van der Waals surface area contributed by atoms with Gasteiger partial charge < -0.3 is 14.8 Å². The van der Waals surface area contributed by atoms with Gasteiger partial charge in [-0.15, -0.1) is 11.3 Å². The van der Waals surface area contributed by atoms with Crippen LogP contribution in [-0.4, -0.2) is 28.3 Å². The zero-order valence-corrected chi connectivity index (χ0v) is 18.0. The molecular formula is C23H19N3O5S. The molecule has 5 rings (SSSR count). The Labute approximate surface area is 186 Å². The molecule has 4 aromatic rings. The highest BCUT2D eigenvalue weighted by molar-refractivity contribution is 7.17. The highest BCUT2D eigenvalue weighted by atomic mass is 32.1. The Bertz CT molecular complexity index is 1470. The summed E-state index contributed by atoms with van der Waals surface area (Å²) in [6.07, 6.45) is 0. The fourth-order valence-corrected chi connectivity index (χ4v) is 4.52. The van der Waals surface area contributed by atoms with Crippen LogP contribution in [0.25, 0.3) is 15.9 Å². The van der Waals surface area contributed by atoms with Crippen LogP contribution in [0.3, 0.4) is 0 Å². The van der Waals surface area contributed by atoms with E-state index in [9.17, 15) is 14.4 Å². The van der Waals surface area contributed by atoms with Gasteiger partial charge in [-0.1, -0.05) is 12.1 Å². The van der Waals surface area contributed by atoms with Crippen LogP contribution in [0.5, 0.6) is 11.5 Å². The third-order valence-corrected chi connectivity index (χ3v) is 6.03. The number of anilines is 1. The van der Waals surface area contributed by atoms with Crippen LogP contribution in [0.4, 0.5) is 5.69 Å². The maximum Gasteiger partial charge on any atom is 0.336 e. The molecular weight excluding hydrogens is 430 g/mol. The summed E-state index contributed by atoms with van der Waals surface area (Å²) in [7, 11) is 0. The predicted octanol–water partition coefficient (Wildman–Crippen LogP) is 2.93. The quantitative estimate of drug-likeness (QED) is 0.517. The van der Waals surface area contributed by atoms with E-state index in [4.69, 9.17) is 9.47 Å². The van der Waals surface area contributed by atoms with Crippen LogP contribution < -0.4 is 26.0 Å². The second kappa shape index (κ2) is 8.01. The van der Waals surface area contributed by atoms with E-state index in [0.717, 1.165) is 10.1 Å². The van der Waals surface area contributed by atoms with E-state index in [2.05, 4.69) is 5.32 Å². The lowest BCUT2D eigenvalue weighted by atomic mass is 10.2. The lowest BCUT2D eigenvalue weighted by Gasteiger charge is -2.19. The maximum absolute atomic E-state index is 13.3. The summed E-state index contributed by atoms with van der Waals surface area (Å²) in [4.78, 5) is 39.2. The molecule has 162 valence electrons. The van der Waals surface area contributed by atoms with Gasteiger partial charge >= 0.3 is 5.69 Å². The van der Waals surface area contributed by atoms with Crippen molar-refractivity contribution in [3.8, 4) is 17.2 Å². The number of hydrogen-bond acceptors (Lipinski definition) is 6. The van der Waals surface area contributed by atoms with Crippen molar-refractivity contribution in [2.24, 2.45) is 0 Å². The number of fused-ring (bicyclic) bond motifs is 2. The van der Waals surface area contributed by atoms with Crippen LogP contribution in [0, 0.1) is 6.92 Å². The number of benzene rings is 2. The number of nitrogens with zero attached hydrogens (tertiary/aromatic N) is 2. The van der Waals surface area contributed by atoms with E-state index < -0.39 is 17.2 Å². The van der Waals surface area contributed by atoms with Crippen LogP contribution in [0.15, 0.2) is 63.5 Å². The summed E-state index contributed by atoms with van der Waals surface area (Å²) >= 11 is 1.24. The molecule has 32 heavy (non-hydrogen) atoms. The van der Waals surface area contributed by atoms with Gasteiger partial charge in [0.2, 0.25) is 5.91 Å². The van der Waals surface area contributed by atoms with E-state index in [-0.39, 0.29) is 6.54 Å². The topological polar surface area (TPSA) is 91.6 Å². The van der Waals surface area contributed by atoms with Crippen LogP contribution in [0.2, 0.25) is 0 Å². The van der Waals surface area contributed by atoms with Crippen molar-refractivity contribution < 1.29 is 14.3 Å². The second-order valence-electron chi connectivity index (χ2n) is 7.39. The third kappa shape index (κ3) is 3.56. The Morgan fingerprint density at radius 2 is 1.88 bits per heavy atom. The summed E-state index contributed by atoms with van der Waals surface area (Å²) in [5, 5.41) is 4.53. The minimum atomic E-state index is -0.566. The summed E-state index contributed by atoms with van der Waals surface area (Å²) < 4.78 is 13.9. The average Bonchev–Trinajstić information content (AvgIpc) is 3.27. The van der Waals surface area contributed by atoms with Crippen molar-refractivity contribution in [3.05, 3.63) is 80.3 Å². The summed E-state index contributed by atoms with van der Waals surface area (Å²) in [5.41, 5.74) is 1.39. The monoisotopic (exact) mass is 449 g/mol. The van der Waals surface area contributed by atoms with E-state index in [0.29, 0.717) is 46.3 Å². The Morgan fingerprint density at radius 3 is 2.69 bits per heavy atom. The minimum Gasteiger partial charge on any atom is -0.486 e. The average molecular weight is 449 g/mol. The lowest BCUT2D eigenvalue weighted by Crippen LogP contribution is -2.40. The molecule has 0 spiro atoms. The number of hydrogen-bond donors (Lipinski definition) is 1. The van der Waals surface area contributed by atoms with Gasteiger partial charge in [0.05, 0.1) is 11.2 Å². The first-order chi connectivity index (χ1) is 15.5. The van der Waals surface area contributed by atoms with Crippen molar-refractivity contribution in [1.29, 1.82) is 0 Å². The minimum absolute atomic E-state index is 0.243. The van der Waals surface area contributed by atoms with Gasteiger partial charge in [0.1, 0.15) is 24.5 Å². The molecule has 1 N–H and O–H groups in total. The molecule has 0 bridgehead atoms. The van der Waals surface area contributed by atoms with E-state index in [1.165, 1.54) is 15.9 Å². The molecule has 1 amide bonds. The Kier molecular flexibility index (Phi) is 5.02. The molecule has 0 atom stereocenters. The van der Waals surface area contributed by atoms with Crippen molar-refractivity contribution in [1.82, 2.24) is 9.13 Å². The molecule has 8 nitrogen and oxygen atoms in total. The van der Waals surface area contributed by atoms with E-state index >= 15 is 0 Å². The van der Waals surface area contributed by atoms with Crippen molar-refractivity contribution in [2.45, 2.75) is 13.5 Å². The molecule has 1 aliphatic rings. The molecule has 0 fully saturated rings. The molecule has 2 aromatic heterocycles. The molecule has 0 aliphatic carbocycles. The van der Waals surface area contributed by atoms with Gasteiger partial charge in [0, 0.05) is 11.8 Å². The predicted molar refractivity (Wildman–Crippen MR) is 122 cm³/mol. The van der Waals surface area contributed by atoms with Gasteiger partial charge in [0.15, 0.2) is 11.5 Å². The highest BCUT2D eigenvalue weighted by Gasteiger charge is 2.18. The van der Waals surface area contributed by atoms with Crippen molar-refractivity contribution in [2.75, 3.05) is 18.5 Å². The van der Waals surface area contributed by atoms with Crippen LogP contribution in [-0.2, 0) is 11.3 Å². The maximum atomic E-state index is 13.3. The SMILES string of the molecule is Cc1cccc(-n2c(=O)c3sccc3n(CC(=O)Nc3ccc4c(c3)OCCO4)c2=O)c1. The number of carbonyl (C=O) groups is 1. The summed E-state index contributed by atoms with van der Waals surface area (Å²) in [5.74, 6) is 0.779. The van der Waals surface area contributed by atoms with E-state index in [1.54, 1.807) is 47.8 Å². The number of aromatic nitrogens is 2. The molecule has 0 saturated heterocycles. The number of ether oxygens (including phenoxy) is 2. The van der Waals surface area contributed by atoms with Gasteiger partial charge in [-0.2, -0.15) is 0 Å². The first kappa shape index (κ1) is 20.1. The Morgan fingerprint density at radius 1 is 1.06 bits per heavy atom. The first-order valence-electron chi connectivity index (χ1n) is 10.0. The van der Waals surface area contributed by atoms with Crippen molar-refractivity contribution in [3.63, 3.8) is 0 Å². The summed E-state index contributed by atoms with van der Waals surface area (Å²) in [6, 6.07) is 13.9. The largest absolute Gasteiger partial charge is 0.486 e. The number of thiophene rings is 1. The number of carbonyl (C=O) groups excluding carboxylic acids is 1. The fourth-order valence-electron chi connectivity index (χ4n) is 3.70. The number of amides is 1. The Balaban J connectivity index is 1.51. The fraction of sp³-hybridized carbons (Fsp3) is 0.174. The number of nitrogens with one attached hydrogen (secondary N) is 1. The second-order valence-corrected chi connectivity index (χ2v) is 8.31. The zero-order valence-electron chi connectivity index (χ0n) is 17.2. The highest BCUT2D eigenvalue weighted by Crippen LogP contribution is 2.32. The van der Waals surface area contributed by atoms with Crippen LogP contribution in [0.1, 0.15) is 5.56 Å². The molecule has 0 saturated carbocycles. The number of aryl methyl sites for hydroxylation is 1. The molecule has 9 heteroatoms. The summed E-state index contributed by atoms with van der Waals surface area (Å²) in [6.45, 7) is 2.56. The standard InChI is InChI=1S/C23H19N3O5S/c1-14-3-2-4-16(11-14)26-22(28)21-17(7-10-32-21)25(23(26)29)13-20(27)24-15-5-6-18-19(12-15)31-9-8-30-18/h2-7,10-12H,8-9,13H2,1H3,(H,24,27). The molecule has 2 aromatic carbocycles.